The van der Waals surface area contributed by atoms with Gasteiger partial charge >= 0.3 is 5.69 Å². The Morgan fingerprint density at radius 2 is 1.77 bits per heavy atom. The normalized spacial score (nSPS) is 12.5. The molecule has 0 aliphatic heterocycles. The van der Waals surface area contributed by atoms with Gasteiger partial charge in [0.05, 0.1) is 23.6 Å². The summed E-state index contributed by atoms with van der Waals surface area (Å²) < 4.78 is 0.982. The molecule has 0 saturated carbocycles. The predicted molar refractivity (Wildman–Crippen MR) is 85.2 cm³/mol. The van der Waals surface area contributed by atoms with Crippen LogP contribution < -0.4 is 11.2 Å². The molecule has 0 amide bonds. The SMILES string of the molecule is O=c1[nH]c2ccccc2c(=O)n1CC(O)c1ccccc1Cl. The number of aromatic amines is 1. The Balaban J connectivity index is 2.06. The summed E-state index contributed by atoms with van der Waals surface area (Å²) >= 11 is 6.03. The number of aliphatic hydroxyl groups excluding tert-OH is 1. The quantitative estimate of drug-likeness (QED) is 0.777. The van der Waals surface area contributed by atoms with Gasteiger partial charge in [-0.25, -0.2) is 4.79 Å². The monoisotopic (exact) mass is 316 g/mol. The molecular weight excluding hydrogens is 304 g/mol. The van der Waals surface area contributed by atoms with E-state index in [1.165, 1.54) is 0 Å². The van der Waals surface area contributed by atoms with Crippen molar-refractivity contribution in [2.45, 2.75) is 12.6 Å². The van der Waals surface area contributed by atoms with Crippen molar-refractivity contribution in [2.24, 2.45) is 0 Å². The van der Waals surface area contributed by atoms with E-state index in [0.717, 1.165) is 4.57 Å². The molecule has 6 heteroatoms. The Morgan fingerprint density at radius 1 is 1.09 bits per heavy atom. The third kappa shape index (κ3) is 2.56. The molecule has 3 aromatic rings. The van der Waals surface area contributed by atoms with Crippen molar-refractivity contribution in [1.29, 1.82) is 0 Å². The molecule has 0 radical (unpaired) electrons. The van der Waals surface area contributed by atoms with E-state index in [4.69, 9.17) is 11.6 Å². The van der Waals surface area contributed by atoms with E-state index in [1.54, 1.807) is 48.5 Å². The number of hydrogen-bond acceptors (Lipinski definition) is 3. The number of nitrogens with zero attached hydrogens (tertiary/aromatic N) is 1. The average Bonchev–Trinajstić information content (AvgIpc) is 2.51. The molecule has 1 aromatic heterocycles. The predicted octanol–water partition coefficient (Wildman–Crippen LogP) is 2.08. The summed E-state index contributed by atoms with van der Waals surface area (Å²) in [6, 6.07) is 13.5. The molecule has 1 heterocycles. The summed E-state index contributed by atoms with van der Waals surface area (Å²) in [5.41, 5.74) is -0.0511. The highest BCUT2D eigenvalue weighted by Crippen LogP contribution is 2.23. The number of H-pyrrole nitrogens is 1. The van der Waals surface area contributed by atoms with E-state index in [2.05, 4.69) is 4.98 Å². The highest BCUT2D eigenvalue weighted by molar-refractivity contribution is 6.31. The Hall–Kier alpha value is -2.37. The van der Waals surface area contributed by atoms with Crippen LogP contribution in [-0.4, -0.2) is 14.7 Å². The lowest BCUT2D eigenvalue weighted by molar-refractivity contribution is 0.153. The number of halogens is 1. The van der Waals surface area contributed by atoms with E-state index in [9.17, 15) is 14.7 Å². The van der Waals surface area contributed by atoms with Crippen molar-refractivity contribution in [3.8, 4) is 0 Å². The standard InChI is InChI=1S/C16H13ClN2O3/c17-12-7-3-1-5-10(12)14(20)9-19-15(21)11-6-2-4-8-13(11)18-16(19)22/h1-8,14,20H,9H2,(H,18,22). The summed E-state index contributed by atoms with van der Waals surface area (Å²) in [6.45, 7) is -0.164. The van der Waals surface area contributed by atoms with Crippen molar-refractivity contribution < 1.29 is 5.11 Å². The van der Waals surface area contributed by atoms with Gasteiger partial charge in [0, 0.05) is 10.6 Å². The number of nitrogens with one attached hydrogen (secondary N) is 1. The molecule has 5 nitrogen and oxygen atoms in total. The van der Waals surface area contributed by atoms with Gasteiger partial charge in [0.1, 0.15) is 0 Å². The second kappa shape index (κ2) is 5.79. The van der Waals surface area contributed by atoms with Gasteiger partial charge in [-0.3, -0.25) is 9.36 Å². The molecule has 3 rings (SSSR count). The third-order valence-electron chi connectivity index (χ3n) is 3.51. The van der Waals surface area contributed by atoms with Crippen LogP contribution in [0.15, 0.2) is 58.1 Å². The van der Waals surface area contributed by atoms with Gasteiger partial charge in [-0.05, 0) is 18.2 Å². The molecule has 1 unspecified atom stereocenters. The zero-order chi connectivity index (χ0) is 15.7. The van der Waals surface area contributed by atoms with Crippen LogP contribution >= 0.6 is 11.6 Å². The lowest BCUT2D eigenvalue weighted by Crippen LogP contribution is -2.36. The second-order valence-corrected chi connectivity index (χ2v) is 5.34. The Bertz CT molecular complexity index is 946. The zero-order valence-corrected chi connectivity index (χ0v) is 12.2. The summed E-state index contributed by atoms with van der Waals surface area (Å²) in [5, 5.41) is 11.1. The van der Waals surface area contributed by atoms with E-state index < -0.39 is 17.4 Å². The number of para-hydroxylation sites is 1. The number of benzene rings is 2. The maximum Gasteiger partial charge on any atom is 0.328 e. The first kappa shape index (κ1) is 14.6. The van der Waals surface area contributed by atoms with Gasteiger partial charge in [0.25, 0.3) is 5.56 Å². The van der Waals surface area contributed by atoms with Gasteiger partial charge in [-0.1, -0.05) is 41.9 Å². The summed E-state index contributed by atoms with van der Waals surface area (Å²) in [6.07, 6.45) is -1.05. The zero-order valence-electron chi connectivity index (χ0n) is 11.5. The van der Waals surface area contributed by atoms with Crippen LogP contribution in [0.25, 0.3) is 10.9 Å². The molecule has 22 heavy (non-hydrogen) atoms. The Kier molecular flexibility index (Phi) is 3.83. The molecule has 1 atom stereocenters. The average molecular weight is 317 g/mol. The van der Waals surface area contributed by atoms with Crippen molar-refractivity contribution in [3.05, 3.63) is 80.0 Å². The minimum absolute atomic E-state index is 0.164. The lowest BCUT2D eigenvalue weighted by atomic mass is 10.1. The summed E-state index contributed by atoms with van der Waals surface area (Å²) in [4.78, 5) is 27.1. The van der Waals surface area contributed by atoms with E-state index in [1.807, 2.05) is 0 Å². The molecule has 112 valence electrons. The molecule has 2 N–H and O–H groups in total. The summed E-state index contributed by atoms with van der Waals surface area (Å²) in [7, 11) is 0. The highest BCUT2D eigenvalue weighted by Gasteiger charge is 2.15. The molecule has 0 aliphatic rings. The van der Waals surface area contributed by atoms with E-state index in [-0.39, 0.29) is 6.54 Å². The number of hydrogen-bond donors (Lipinski definition) is 2. The van der Waals surface area contributed by atoms with Crippen molar-refractivity contribution in [1.82, 2.24) is 9.55 Å². The highest BCUT2D eigenvalue weighted by atomic mass is 35.5. The molecule has 0 saturated heterocycles. The van der Waals surface area contributed by atoms with Crippen LogP contribution in [0.2, 0.25) is 5.02 Å². The van der Waals surface area contributed by atoms with Gasteiger partial charge in [0.15, 0.2) is 0 Å². The number of aliphatic hydroxyl groups is 1. The van der Waals surface area contributed by atoms with Gasteiger partial charge in [-0.2, -0.15) is 0 Å². The van der Waals surface area contributed by atoms with Crippen molar-refractivity contribution >= 4 is 22.5 Å². The molecule has 0 spiro atoms. The topological polar surface area (TPSA) is 75.1 Å². The second-order valence-electron chi connectivity index (χ2n) is 4.93. The maximum atomic E-state index is 12.4. The van der Waals surface area contributed by atoms with Gasteiger partial charge in [-0.15, -0.1) is 0 Å². The largest absolute Gasteiger partial charge is 0.386 e. The smallest absolute Gasteiger partial charge is 0.328 e. The summed E-state index contributed by atoms with van der Waals surface area (Å²) in [5.74, 6) is 0. The molecule has 0 bridgehead atoms. The third-order valence-corrected chi connectivity index (χ3v) is 3.85. The Labute approximate surface area is 130 Å². The first-order chi connectivity index (χ1) is 10.6. The van der Waals surface area contributed by atoms with E-state index in [0.29, 0.717) is 21.5 Å². The Morgan fingerprint density at radius 3 is 2.55 bits per heavy atom. The minimum atomic E-state index is -1.05. The first-order valence-corrected chi connectivity index (χ1v) is 7.10. The van der Waals surface area contributed by atoms with Gasteiger partial charge < -0.3 is 10.1 Å². The minimum Gasteiger partial charge on any atom is -0.386 e. The molecule has 0 fully saturated rings. The maximum absolute atomic E-state index is 12.4. The van der Waals surface area contributed by atoms with Crippen LogP contribution in [0.5, 0.6) is 0 Å². The van der Waals surface area contributed by atoms with E-state index >= 15 is 0 Å². The van der Waals surface area contributed by atoms with Crippen molar-refractivity contribution in [3.63, 3.8) is 0 Å². The number of aromatic nitrogens is 2. The van der Waals surface area contributed by atoms with Crippen LogP contribution in [0, 0.1) is 0 Å². The van der Waals surface area contributed by atoms with Crippen LogP contribution in [-0.2, 0) is 6.54 Å². The molecule has 0 aliphatic carbocycles. The number of rotatable bonds is 3. The van der Waals surface area contributed by atoms with Crippen molar-refractivity contribution in [2.75, 3.05) is 0 Å². The van der Waals surface area contributed by atoms with Crippen LogP contribution in [0.3, 0.4) is 0 Å². The van der Waals surface area contributed by atoms with Gasteiger partial charge in [0.2, 0.25) is 0 Å². The lowest BCUT2D eigenvalue weighted by Gasteiger charge is -2.14. The van der Waals surface area contributed by atoms with Crippen LogP contribution in [0.4, 0.5) is 0 Å². The van der Waals surface area contributed by atoms with Crippen LogP contribution in [0.1, 0.15) is 11.7 Å². The molecule has 2 aromatic carbocycles. The molecular formula is C16H13ClN2O3. The fourth-order valence-electron chi connectivity index (χ4n) is 2.38. The fraction of sp³-hybridized carbons (Fsp3) is 0.125. The first-order valence-electron chi connectivity index (χ1n) is 6.72. The fourth-order valence-corrected chi connectivity index (χ4v) is 2.64. The number of fused-ring (bicyclic) bond motifs is 1.